The Morgan fingerprint density at radius 3 is 2.42 bits per heavy atom. The van der Waals surface area contributed by atoms with Gasteiger partial charge in [-0.2, -0.15) is 5.26 Å². The molecule has 166 valence electrons. The predicted molar refractivity (Wildman–Crippen MR) is 126 cm³/mol. The molecule has 33 heavy (non-hydrogen) atoms. The van der Waals surface area contributed by atoms with Crippen molar-refractivity contribution in [1.82, 2.24) is 0 Å². The summed E-state index contributed by atoms with van der Waals surface area (Å²) in [7, 11) is 1.59. The molecular weight excluding hydrogens is 436 g/mol. The minimum absolute atomic E-state index is 0.0469. The van der Waals surface area contributed by atoms with Gasteiger partial charge >= 0.3 is 5.97 Å². The summed E-state index contributed by atoms with van der Waals surface area (Å²) < 4.78 is 16.4. The number of nitrogens with zero attached hydrogens (tertiary/aromatic N) is 1. The molecule has 4 rings (SSSR count). The van der Waals surface area contributed by atoms with Crippen LogP contribution in [0.1, 0.15) is 22.6 Å². The minimum Gasteiger partial charge on any atom is -0.497 e. The van der Waals surface area contributed by atoms with E-state index in [1.165, 1.54) is 0 Å². The molecule has 6 nitrogen and oxygen atoms in total. The van der Waals surface area contributed by atoms with Gasteiger partial charge in [-0.15, -0.1) is 11.8 Å². The van der Waals surface area contributed by atoms with E-state index in [2.05, 4.69) is 6.07 Å². The molecule has 1 aliphatic rings. The standard InChI is InChI=1S/C26H22N2O4S/c1-30-18-7-3-16(4-8-18)13-24(29)31-19-9-12-21-23(14-19)32-26(28)22(15-27)25(21)17-5-10-20(33-2)11-6-17/h3-12,14,25H,13,28H2,1-2H3. The maximum atomic E-state index is 12.4. The molecule has 0 saturated heterocycles. The molecular formula is C26H22N2O4S. The number of rotatable bonds is 6. The number of esters is 1. The van der Waals surface area contributed by atoms with Crippen LogP contribution in [0.25, 0.3) is 0 Å². The second-order valence-corrected chi connectivity index (χ2v) is 8.28. The van der Waals surface area contributed by atoms with E-state index in [4.69, 9.17) is 19.9 Å². The van der Waals surface area contributed by atoms with Crippen molar-refractivity contribution in [3.63, 3.8) is 0 Å². The largest absolute Gasteiger partial charge is 0.497 e. The molecule has 2 N–H and O–H groups in total. The van der Waals surface area contributed by atoms with Gasteiger partial charge in [-0.1, -0.05) is 30.3 Å². The summed E-state index contributed by atoms with van der Waals surface area (Å²) in [5, 5.41) is 9.72. The van der Waals surface area contributed by atoms with Crippen LogP contribution >= 0.6 is 11.8 Å². The van der Waals surface area contributed by atoms with Crippen molar-refractivity contribution < 1.29 is 19.0 Å². The zero-order valence-electron chi connectivity index (χ0n) is 18.2. The molecule has 0 fully saturated rings. The van der Waals surface area contributed by atoms with Crippen molar-refractivity contribution in [3.05, 3.63) is 94.9 Å². The molecule has 3 aromatic rings. The molecule has 0 radical (unpaired) electrons. The number of hydrogen-bond acceptors (Lipinski definition) is 7. The van der Waals surface area contributed by atoms with Gasteiger partial charge in [-0.05, 0) is 47.7 Å². The summed E-state index contributed by atoms with van der Waals surface area (Å²) in [6.45, 7) is 0. The highest BCUT2D eigenvalue weighted by atomic mass is 32.2. The van der Waals surface area contributed by atoms with E-state index < -0.39 is 5.97 Å². The fraction of sp³-hybridized carbons (Fsp3) is 0.154. The molecule has 0 aromatic heterocycles. The van der Waals surface area contributed by atoms with Crippen LogP contribution in [0.5, 0.6) is 17.2 Å². The third-order valence-corrected chi connectivity index (χ3v) is 6.12. The molecule has 0 saturated carbocycles. The Bertz CT molecular complexity index is 1240. The topological polar surface area (TPSA) is 94.6 Å². The lowest BCUT2D eigenvalue weighted by Crippen LogP contribution is -2.21. The summed E-state index contributed by atoms with van der Waals surface area (Å²) in [6, 6.07) is 22.5. The number of carbonyl (C=O) groups is 1. The molecule has 3 aromatic carbocycles. The number of fused-ring (bicyclic) bond motifs is 1. The van der Waals surface area contributed by atoms with Gasteiger partial charge in [0.1, 0.15) is 28.9 Å². The third-order valence-electron chi connectivity index (χ3n) is 5.38. The molecule has 1 unspecified atom stereocenters. The first-order valence-electron chi connectivity index (χ1n) is 10.2. The summed E-state index contributed by atoms with van der Waals surface area (Å²) in [6.07, 6.45) is 2.13. The second kappa shape index (κ2) is 9.72. The highest BCUT2D eigenvalue weighted by molar-refractivity contribution is 7.98. The number of methoxy groups -OCH3 is 1. The highest BCUT2D eigenvalue weighted by Gasteiger charge is 2.31. The van der Waals surface area contributed by atoms with Gasteiger partial charge in [-0.25, -0.2) is 0 Å². The number of allylic oxidation sites excluding steroid dienone is 1. The first-order valence-corrected chi connectivity index (χ1v) is 11.4. The number of nitrogens with two attached hydrogens (primary N) is 1. The molecule has 1 heterocycles. The predicted octanol–water partition coefficient (Wildman–Crippen LogP) is 4.78. The van der Waals surface area contributed by atoms with Crippen LogP contribution in [0.15, 0.2) is 83.1 Å². The molecule has 0 bridgehead atoms. The Morgan fingerprint density at radius 2 is 1.79 bits per heavy atom. The average molecular weight is 459 g/mol. The van der Waals surface area contributed by atoms with E-state index in [1.807, 2.05) is 48.7 Å². The van der Waals surface area contributed by atoms with Gasteiger partial charge in [0.15, 0.2) is 0 Å². The maximum absolute atomic E-state index is 12.4. The van der Waals surface area contributed by atoms with Gasteiger partial charge in [0.05, 0.1) is 19.4 Å². The van der Waals surface area contributed by atoms with Gasteiger partial charge < -0.3 is 19.9 Å². The summed E-state index contributed by atoms with van der Waals surface area (Å²) in [5.74, 6) is 0.807. The summed E-state index contributed by atoms with van der Waals surface area (Å²) >= 11 is 1.65. The minimum atomic E-state index is -0.402. The summed E-state index contributed by atoms with van der Waals surface area (Å²) in [4.78, 5) is 13.6. The van der Waals surface area contributed by atoms with Gasteiger partial charge in [0, 0.05) is 16.5 Å². The number of thioether (sulfide) groups is 1. The van der Waals surface area contributed by atoms with Crippen LogP contribution in [0.4, 0.5) is 0 Å². The molecule has 1 aliphatic heterocycles. The van der Waals surface area contributed by atoms with Crippen molar-refractivity contribution in [2.75, 3.05) is 13.4 Å². The van der Waals surface area contributed by atoms with E-state index >= 15 is 0 Å². The fourth-order valence-electron chi connectivity index (χ4n) is 3.72. The monoisotopic (exact) mass is 458 g/mol. The van der Waals surface area contributed by atoms with Crippen molar-refractivity contribution in [3.8, 4) is 23.3 Å². The Balaban J connectivity index is 1.57. The number of carbonyl (C=O) groups excluding carboxylic acids is 1. The normalized spacial score (nSPS) is 14.6. The van der Waals surface area contributed by atoms with Crippen LogP contribution in [-0.4, -0.2) is 19.3 Å². The van der Waals surface area contributed by atoms with E-state index in [-0.39, 0.29) is 18.2 Å². The Hall–Kier alpha value is -3.89. The number of benzene rings is 3. The lowest BCUT2D eigenvalue weighted by Gasteiger charge is -2.26. The van der Waals surface area contributed by atoms with Crippen molar-refractivity contribution in [2.24, 2.45) is 5.73 Å². The van der Waals surface area contributed by atoms with Crippen molar-refractivity contribution in [2.45, 2.75) is 17.2 Å². The first kappa shape index (κ1) is 22.3. The summed E-state index contributed by atoms with van der Waals surface area (Å²) in [5.41, 5.74) is 8.96. The average Bonchev–Trinajstić information content (AvgIpc) is 2.83. The number of ether oxygens (including phenoxy) is 3. The quantitative estimate of drug-likeness (QED) is 0.323. The molecule has 7 heteroatoms. The van der Waals surface area contributed by atoms with Crippen molar-refractivity contribution in [1.29, 1.82) is 5.26 Å². The fourth-order valence-corrected chi connectivity index (χ4v) is 4.12. The lowest BCUT2D eigenvalue weighted by atomic mass is 9.83. The Labute approximate surface area is 196 Å². The van der Waals surface area contributed by atoms with Crippen molar-refractivity contribution >= 4 is 17.7 Å². The molecule has 0 amide bonds. The Morgan fingerprint density at radius 1 is 1.09 bits per heavy atom. The first-order chi connectivity index (χ1) is 16.0. The van der Waals surface area contributed by atoms with Gasteiger partial charge in [-0.3, -0.25) is 4.79 Å². The van der Waals surface area contributed by atoms with E-state index in [0.29, 0.717) is 17.1 Å². The number of nitriles is 1. The molecule has 0 aliphatic carbocycles. The van der Waals surface area contributed by atoms with E-state index in [9.17, 15) is 10.1 Å². The maximum Gasteiger partial charge on any atom is 0.315 e. The molecule has 1 atom stereocenters. The second-order valence-electron chi connectivity index (χ2n) is 7.40. The van der Waals surface area contributed by atoms with Gasteiger partial charge in [0.2, 0.25) is 5.88 Å². The third kappa shape index (κ3) is 4.81. The zero-order chi connectivity index (χ0) is 23.4. The van der Waals surface area contributed by atoms with E-state index in [1.54, 1.807) is 43.1 Å². The van der Waals surface area contributed by atoms with Crippen LogP contribution in [0.2, 0.25) is 0 Å². The van der Waals surface area contributed by atoms with Crippen LogP contribution in [-0.2, 0) is 11.2 Å². The molecule has 0 spiro atoms. The lowest BCUT2D eigenvalue weighted by molar-refractivity contribution is -0.133. The SMILES string of the molecule is COc1ccc(CC(=O)Oc2ccc3c(c2)OC(N)=C(C#N)C3c2ccc(SC)cc2)cc1. The van der Waals surface area contributed by atoms with Crippen LogP contribution < -0.4 is 19.9 Å². The van der Waals surface area contributed by atoms with Crippen LogP contribution in [0, 0.1) is 11.3 Å². The van der Waals surface area contributed by atoms with Gasteiger partial charge in [0.25, 0.3) is 0 Å². The Kier molecular flexibility index (Phi) is 6.57. The highest BCUT2D eigenvalue weighted by Crippen LogP contribution is 2.43. The smallest absolute Gasteiger partial charge is 0.315 e. The van der Waals surface area contributed by atoms with E-state index in [0.717, 1.165) is 27.3 Å². The zero-order valence-corrected chi connectivity index (χ0v) is 19.0. The van der Waals surface area contributed by atoms with Crippen LogP contribution in [0.3, 0.4) is 0 Å². The number of hydrogen-bond donors (Lipinski definition) is 1.